The number of hydrogen-bond acceptors (Lipinski definition) is 2. The van der Waals surface area contributed by atoms with Crippen LogP contribution in [0.3, 0.4) is 0 Å². The molecule has 3 N–H and O–H groups in total. The minimum absolute atomic E-state index is 0.331. The van der Waals surface area contributed by atoms with E-state index in [0.29, 0.717) is 5.56 Å². The molecule has 19 heavy (non-hydrogen) atoms. The van der Waals surface area contributed by atoms with E-state index in [1.54, 1.807) is 0 Å². The second-order valence-corrected chi connectivity index (χ2v) is 4.55. The molecule has 0 fully saturated rings. The highest BCUT2D eigenvalue weighted by molar-refractivity contribution is 5.40. The predicted octanol–water partition coefficient (Wildman–Crippen LogP) is 3.13. The van der Waals surface area contributed by atoms with Crippen LogP contribution >= 0.6 is 0 Å². The van der Waals surface area contributed by atoms with Gasteiger partial charge in [-0.05, 0) is 36.6 Å². The normalized spacial score (nSPS) is 12.5. The van der Waals surface area contributed by atoms with Crippen molar-refractivity contribution in [2.24, 2.45) is 5.84 Å². The molecule has 0 amide bonds. The molecule has 1 unspecified atom stereocenters. The molecule has 0 aliphatic heterocycles. The van der Waals surface area contributed by atoms with Crippen molar-refractivity contribution in [3.05, 3.63) is 70.3 Å². The van der Waals surface area contributed by atoms with Gasteiger partial charge in [0.25, 0.3) is 0 Å². The summed E-state index contributed by atoms with van der Waals surface area (Å²) < 4.78 is 26.8. The van der Waals surface area contributed by atoms with Gasteiger partial charge >= 0.3 is 0 Å². The van der Waals surface area contributed by atoms with Crippen LogP contribution in [0.1, 0.15) is 28.3 Å². The molecule has 4 heteroatoms. The molecule has 0 saturated carbocycles. The van der Waals surface area contributed by atoms with Crippen molar-refractivity contribution in [1.29, 1.82) is 0 Å². The molecular formula is C15H16F2N2. The van der Waals surface area contributed by atoms with Crippen LogP contribution < -0.4 is 11.3 Å². The number of benzene rings is 2. The third-order valence-electron chi connectivity index (χ3n) is 3.40. The molecule has 0 aromatic heterocycles. The van der Waals surface area contributed by atoms with Crippen molar-refractivity contribution in [2.45, 2.75) is 19.9 Å². The molecule has 2 aromatic rings. The third kappa shape index (κ3) is 2.64. The van der Waals surface area contributed by atoms with E-state index in [-0.39, 0.29) is 0 Å². The molecule has 0 radical (unpaired) electrons. The largest absolute Gasteiger partial charge is 0.271 e. The van der Waals surface area contributed by atoms with Crippen LogP contribution in [-0.2, 0) is 0 Å². The Labute approximate surface area is 111 Å². The van der Waals surface area contributed by atoms with Crippen LogP contribution in [-0.4, -0.2) is 0 Å². The second-order valence-electron chi connectivity index (χ2n) is 4.55. The number of nitrogens with two attached hydrogens (primary N) is 1. The lowest BCUT2D eigenvalue weighted by molar-refractivity contribution is 0.540. The molecule has 0 heterocycles. The number of aryl methyl sites for hydroxylation is 1. The maximum atomic E-state index is 13.9. The van der Waals surface area contributed by atoms with Crippen molar-refractivity contribution in [2.75, 3.05) is 0 Å². The number of hydrazine groups is 1. The standard InChI is InChI=1S/C15H16F2N2/c1-9-4-3-5-12(10(9)2)15(19-18)13-7-6-11(16)8-14(13)17/h3-8,15,19H,18H2,1-2H3. The summed E-state index contributed by atoms with van der Waals surface area (Å²) in [5.41, 5.74) is 5.95. The van der Waals surface area contributed by atoms with Crippen molar-refractivity contribution in [1.82, 2.24) is 5.43 Å². The fraction of sp³-hybridized carbons (Fsp3) is 0.200. The molecule has 2 nitrogen and oxygen atoms in total. The van der Waals surface area contributed by atoms with Crippen LogP contribution in [0.2, 0.25) is 0 Å². The van der Waals surface area contributed by atoms with Gasteiger partial charge in [0.2, 0.25) is 0 Å². The minimum Gasteiger partial charge on any atom is -0.271 e. The zero-order valence-corrected chi connectivity index (χ0v) is 10.9. The second kappa shape index (κ2) is 5.47. The Morgan fingerprint density at radius 1 is 1.05 bits per heavy atom. The van der Waals surface area contributed by atoms with E-state index >= 15 is 0 Å². The van der Waals surface area contributed by atoms with E-state index in [1.165, 1.54) is 12.1 Å². The van der Waals surface area contributed by atoms with E-state index in [0.717, 1.165) is 22.8 Å². The fourth-order valence-electron chi connectivity index (χ4n) is 2.17. The molecule has 100 valence electrons. The molecule has 1 atom stereocenters. The summed E-state index contributed by atoms with van der Waals surface area (Å²) in [5, 5.41) is 0. The molecule has 0 aliphatic carbocycles. The van der Waals surface area contributed by atoms with Crippen molar-refractivity contribution in [3.63, 3.8) is 0 Å². The quantitative estimate of drug-likeness (QED) is 0.658. The maximum absolute atomic E-state index is 13.9. The van der Waals surface area contributed by atoms with E-state index in [9.17, 15) is 8.78 Å². The highest BCUT2D eigenvalue weighted by Crippen LogP contribution is 2.27. The first-order chi connectivity index (χ1) is 9.04. The summed E-state index contributed by atoms with van der Waals surface area (Å²) >= 11 is 0. The van der Waals surface area contributed by atoms with E-state index in [1.807, 2.05) is 32.0 Å². The fourth-order valence-corrected chi connectivity index (χ4v) is 2.17. The van der Waals surface area contributed by atoms with Gasteiger partial charge in [0, 0.05) is 11.6 Å². The summed E-state index contributed by atoms with van der Waals surface area (Å²) in [4.78, 5) is 0. The Bertz CT molecular complexity index is 597. The Hall–Kier alpha value is -1.78. The van der Waals surface area contributed by atoms with Crippen LogP contribution in [0.4, 0.5) is 8.78 Å². The molecule has 0 saturated heterocycles. The first-order valence-electron chi connectivity index (χ1n) is 6.01. The lowest BCUT2D eigenvalue weighted by atomic mass is 9.93. The van der Waals surface area contributed by atoms with Crippen LogP contribution in [0, 0.1) is 25.5 Å². The highest BCUT2D eigenvalue weighted by Gasteiger charge is 2.19. The van der Waals surface area contributed by atoms with Crippen LogP contribution in [0.25, 0.3) is 0 Å². The zero-order valence-electron chi connectivity index (χ0n) is 10.9. The van der Waals surface area contributed by atoms with Gasteiger partial charge in [-0.15, -0.1) is 0 Å². The smallest absolute Gasteiger partial charge is 0.131 e. The zero-order chi connectivity index (χ0) is 14.0. The minimum atomic E-state index is -0.608. The van der Waals surface area contributed by atoms with Crippen LogP contribution in [0.5, 0.6) is 0 Å². The Morgan fingerprint density at radius 3 is 2.42 bits per heavy atom. The average Bonchev–Trinajstić information content (AvgIpc) is 2.37. The van der Waals surface area contributed by atoms with Gasteiger partial charge in [0.05, 0.1) is 6.04 Å². The number of rotatable bonds is 3. The van der Waals surface area contributed by atoms with Crippen molar-refractivity contribution in [3.8, 4) is 0 Å². The SMILES string of the molecule is Cc1cccc(C(NN)c2ccc(F)cc2F)c1C. The highest BCUT2D eigenvalue weighted by atomic mass is 19.1. The molecule has 2 rings (SSSR count). The summed E-state index contributed by atoms with van der Waals surface area (Å²) in [6.07, 6.45) is 0. The predicted molar refractivity (Wildman–Crippen MR) is 71.4 cm³/mol. The van der Waals surface area contributed by atoms with Gasteiger partial charge in [0.1, 0.15) is 11.6 Å². The Kier molecular flexibility index (Phi) is 3.93. The monoisotopic (exact) mass is 262 g/mol. The number of nitrogens with one attached hydrogen (secondary N) is 1. The van der Waals surface area contributed by atoms with Gasteiger partial charge in [-0.3, -0.25) is 5.84 Å². The van der Waals surface area contributed by atoms with Gasteiger partial charge < -0.3 is 0 Å². The van der Waals surface area contributed by atoms with E-state index in [4.69, 9.17) is 5.84 Å². The third-order valence-corrected chi connectivity index (χ3v) is 3.40. The summed E-state index contributed by atoms with van der Waals surface area (Å²) in [6, 6.07) is 8.77. The summed E-state index contributed by atoms with van der Waals surface area (Å²) in [6.45, 7) is 3.93. The van der Waals surface area contributed by atoms with E-state index in [2.05, 4.69) is 5.43 Å². The first kappa shape index (κ1) is 13.6. The van der Waals surface area contributed by atoms with Gasteiger partial charge in [-0.2, -0.15) is 0 Å². The number of hydrogen-bond donors (Lipinski definition) is 2. The van der Waals surface area contributed by atoms with Crippen LogP contribution in [0.15, 0.2) is 36.4 Å². The van der Waals surface area contributed by atoms with Gasteiger partial charge in [0.15, 0.2) is 0 Å². The Balaban J connectivity index is 2.53. The number of halogens is 2. The molecular weight excluding hydrogens is 246 g/mol. The molecule has 2 aromatic carbocycles. The van der Waals surface area contributed by atoms with Crippen molar-refractivity contribution >= 4 is 0 Å². The van der Waals surface area contributed by atoms with Gasteiger partial charge in [-0.1, -0.05) is 24.3 Å². The summed E-state index contributed by atoms with van der Waals surface area (Å²) in [7, 11) is 0. The van der Waals surface area contributed by atoms with Crippen molar-refractivity contribution < 1.29 is 8.78 Å². The molecule has 0 aliphatic rings. The summed E-state index contributed by atoms with van der Waals surface area (Å²) in [5.74, 6) is 4.35. The molecule has 0 spiro atoms. The average molecular weight is 262 g/mol. The van der Waals surface area contributed by atoms with Gasteiger partial charge in [-0.25, -0.2) is 14.2 Å². The molecule has 0 bridgehead atoms. The lowest BCUT2D eigenvalue weighted by Gasteiger charge is -2.20. The topological polar surface area (TPSA) is 38.0 Å². The van der Waals surface area contributed by atoms with E-state index < -0.39 is 17.7 Å². The lowest BCUT2D eigenvalue weighted by Crippen LogP contribution is -2.30. The Morgan fingerprint density at radius 2 is 1.79 bits per heavy atom. The first-order valence-corrected chi connectivity index (χ1v) is 6.01. The maximum Gasteiger partial charge on any atom is 0.131 e.